The van der Waals surface area contributed by atoms with Gasteiger partial charge in [-0.15, -0.1) is 0 Å². The Hall–Kier alpha value is 0.500. The Morgan fingerprint density at radius 2 is 1.78 bits per heavy atom. The van der Waals surface area contributed by atoms with E-state index in [1.54, 1.807) is 0 Å². The second-order valence-corrected chi connectivity index (χ2v) is 11.3. The second kappa shape index (κ2) is 6.78. The van der Waals surface area contributed by atoms with Crippen molar-refractivity contribution >= 4 is 78.3 Å². The lowest BCUT2D eigenvalue weighted by atomic mass is 9.97. The van der Waals surface area contributed by atoms with Crippen LogP contribution in [0.4, 0.5) is 0 Å². The molecule has 0 saturated heterocycles. The van der Waals surface area contributed by atoms with Gasteiger partial charge in [0.1, 0.15) is 0 Å². The Balaban J connectivity index is 0.000000280. The van der Waals surface area contributed by atoms with Crippen molar-refractivity contribution in [3.05, 3.63) is 38.8 Å². The van der Waals surface area contributed by atoms with Crippen LogP contribution in [0.5, 0.6) is 0 Å². The Morgan fingerprint density at radius 3 is 2.33 bits per heavy atom. The van der Waals surface area contributed by atoms with Crippen molar-refractivity contribution in [1.29, 1.82) is 0 Å². The van der Waals surface area contributed by atoms with Crippen LogP contribution in [-0.2, 0) is 15.8 Å². The van der Waals surface area contributed by atoms with Crippen LogP contribution in [0.15, 0.2) is 22.7 Å². The smallest absolute Gasteiger partial charge is 0.293 e. The lowest BCUT2D eigenvalue weighted by Gasteiger charge is -2.11. The van der Waals surface area contributed by atoms with E-state index in [2.05, 4.69) is 49.7 Å². The topological polar surface area (TPSA) is 34.1 Å². The van der Waals surface area contributed by atoms with Crippen LogP contribution in [0.1, 0.15) is 11.1 Å². The van der Waals surface area contributed by atoms with Crippen LogP contribution in [-0.4, -0.2) is 5.78 Å². The Bertz CT molecular complexity index is 545. The van der Waals surface area contributed by atoms with Crippen molar-refractivity contribution < 1.29 is 9.36 Å². The second-order valence-electron chi connectivity index (χ2n) is 3.33. The summed E-state index contributed by atoms with van der Waals surface area (Å²) in [4.78, 5) is 11.3. The van der Waals surface area contributed by atoms with E-state index < -0.39 is 5.20 Å². The fourth-order valence-electron chi connectivity index (χ4n) is 1.34. The van der Waals surface area contributed by atoms with Crippen LogP contribution in [0.2, 0.25) is 5.02 Å². The number of hydrogen-bond donors (Lipinski definition) is 0. The fraction of sp³-hybridized carbons (Fsp3) is 0.100. The molecule has 18 heavy (non-hydrogen) atoms. The largest absolute Gasteiger partial charge is 0.339 e. The normalized spacial score (nSPS) is 14.3. The lowest BCUT2D eigenvalue weighted by molar-refractivity contribution is -0.114. The number of hydrogen-bond acceptors (Lipinski definition) is 2. The fourth-order valence-corrected chi connectivity index (χ4v) is 1.92. The van der Waals surface area contributed by atoms with Gasteiger partial charge in [-0.3, -0.25) is 9.36 Å². The van der Waals surface area contributed by atoms with E-state index in [0.717, 1.165) is 11.1 Å². The van der Waals surface area contributed by atoms with Gasteiger partial charge in [-0.2, -0.15) is 0 Å². The molecular formula is C10H6BrCl4O2P. The van der Waals surface area contributed by atoms with Crippen LogP contribution in [0.25, 0.3) is 6.08 Å². The molecule has 98 valence electrons. The highest BCUT2D eigenvalue weighted by molar-refractivity contribution is 9.12. The van der Waals surface area contributed by atoms with E-state index in [0.29, 0.717) is 15.9 Å². The van der Waals surface area contributed by atoms with E-state index >= 15 is 0 Å². The van der Waals surface area contributed by atoms with Crippen molar-refractivity contribution in [2.75, 3.05) is 0 Å². The first-order valence-corrected chi connectivity index (χ1v) is 10.1. The van der Waals surface area contributed by atoms with Crippen LogP contribution >= 0.6 is 66.5 Å². The molecule has 0 fully saturated rings. The zero-order valence-corrected chi connectivity index (χ0v) is 14.2. The molecule has 0 amide bonds. The number of Topliss-reactive ketones (excluding diaryl/α,β-unsaturated/α-hetero) is 1. The minimum atomic E-state index is -3.22. The zero-order valence-electron chi connectivity index (χ0n) is 8.67. The van der Waals surface area contributed by atoms with Crippen molar-refractivity contribution in [3.8, 4) is 0 Å². The Labute approximate surface area is 132 Å². The van der Waals surface area contributed by atoms with Gasteiger partial charge in [0.15, 0.2) is 5.78 Å². The molecule has 0 saturated carbocycles. The first-order valence-electron chi connectivity index (χ1n) is 4.54. The maximum Gasteiger partial charge on any atom is 0.339 e. The van der Waals surface area contributed by atoms with Crippen molar-refractivity contribution in [1.82, 2.24) is 0 Å². The molecule has 0 atom stereocenters. The maximum absolute atomic E-state index is 11.3. The summed E-state index contributed by atoms with van der Waals surface area (Å²) in [6.45, 7) is 0. The van der Waals surface area contributed by atoms with Gasteiger partial charge in [0.05, 0.1) is 4.48 Å². The molecule has 1 aliphatic rings. The number of benzene rings is 1. The van der Waals surface area contributed by atoms with E-state index in [-0.39, 0.29) is 5.78 Å². The minimum Gasteiger partial charge on any atom is -0.293 e. The molecule has 1 aliphatic carbocycles. The van der Waals surface area contributed by atoms with Crippen molar-refractivity contribution in [2.24, 2.45) is 0 Å². The SMILES string of the molecule is O=C1Cc2cc(Cl)ccc2C=C1Br.O=P(Cl)(Cl)Cl. The van der Waals surface area contributed by atoms with Gasteiger partial charge in [-0.05, 0) is 79.0 Å². The molecule has 0 unspecified atom stereocenters. The van der Waals surface area contributed by atoms with Gasteiger partial charge < -0.3 is 0 Å². The minimum absolute atomic E-state index is 0.106. The van der Waals surface area contributed by atoms with E-state index in [1.807, 2.05) is 24.3 Å². The summed E-state index contributed by atoms with van der Waals surface area (Å²) in [6.07, 6.45) is 2.27. The Morgan fingerprint density at radius 1 is 1.22 bits per heavy atom. The number of rotatable bonds is 0. The summed E-state index contributed by atoms with van der Waals surface area (Å²) in [7, 11) is 0. The number of ketones is 1. The van der Waals surface area contributed by atoms with E-state index in [4.69, 9.17) is 11.6 Å². The molecule has 0 spiro atoms. The molecular weight excluding hydrogens is 405 g/mol. The quantitative estimate of drug-likeness (QED) is 0.491. The third-order valence-electron chi connectivity index (χ3n) is 2.00. The summed E-state index contributed by atoms with van der Waals surface area (Å²) in [6, 6.07) is 5.59. The summed E-state index contributed by atoms with van der Waals surface area (Å²) in [5.74, 6) is 0.106. The number of fused-ring (bicyclic) bond motifs is 1. The average Bonchev–Trinajstić information content (AvgIpc) is 2.18. The first-order chi connectivity index (χ1) is 8.16. The molecule has 0 bridgehead atoms. The standard InChI is InChI=1S/C10H6BrClO.Cl3OP/c11-9-4-6-1-2-8(12)3-7(6)5-10(9)13;1-5(2,3)4/h1-4H,5H2;. The molecule has 0 aromatic heterocycles. The monoisotopic (exact) mass is 408 g/mol. The predicted octanol–water partition coefficient (Wildman–Crippen LogP) is 6.01. The third kappa shape index (κ3) is 6.10. The number of carbonyl (C=O) groups is 1. The Kier molecular flexibility index (Phi) is 6.24. The lowest BCUT2D eigenvalue weighted by Crippen LogP contribution is -2.08. The molecule has 2 rings (SSSR count). The highest BCUT2D eigenvalue weighted by Crippen LogP contribution is 2.61. The predicted molar refractivity (Wildman–Crippen MR) is 82.2 cm³/mol. The van der Waals surface area contributed by atoms with Gasteiger partial charge in [-0.1, -0.05) is 17.7 Å². The molecule has 2 nitrogen and oxygen atoms in total. The van der Waals surface area contributed by atoms with Gasteiger partial charge in [-0.25, -0.2) is 0 Å². The molecule has 8 heteroatoms. The number of carbonyl (C=O) groups excluding carboxylic acids is 1. The molecule has 1 aromatic carbocycles. The average molecular weight is 411 g/mol. The summed E-state index contributed by atoms with van der Waals surface area (Å²) in [5, 5.41) is -2.54. The molecule has 0 heterocycles. The number of allylic oxidation sites excluding steroid dienone is 1. The van der Waals surface area contributed by atoms with Gasteiger partial charge in [0.2, 0.25) is 0 Å². The van der Waals surface area contributed by atoms with Crippen LogP contribution in [0, 0.1) is 0 Å². The van der Waals surface area contributed by atoms with E-state index in [1.165, 1.54) is 0 Å². The number of halogens is 5. The van der Waals surface area contributed by atoms with E-state index in [9.17, 15) is 9.36 Å². The molecule has 0 aliphatic heterocycles. The highest BCUT2D eigenvalue weighted by Gasteiger charge is 2.16. The third-order valence-corrected chi connectivity index (χ3v) is 2.91. The van der Waals surface area contributed by atoms with Gasteiger partial charge in [0.25, 0.3) is 0 Å². The van der Waals surface area contributed by atoms with Crippen molar-refractivity contribution in [3.63, 3.8) is 0 Å². The van der Waals surface area contributed by atoms with Crippen molar-refractivity contribution in [2.45, 2.75) is 6.42 Å². The van der Waals surface area contributed by atoms with Gasteiger partial charge in [0, 0.05) is 11.4 Å². The first kappa shape index (κ1) is 16.6. The zero-order chi connectivity index (χ0) is 13.9. The summed E-state index contributed by atoms with van der Waals surface area (Å²) < 4.78 is 10.2. The van der Waals surface area contributed by atoms with Gasteiger partial charge >= 0.3 is 5.20 Å². The summed E-state index contributed by atoms with van der Waals surface area (Å²) in [5.41, 5.74) is 2.07. The van der Waals surface area contributed by atoms with Crippen LogP contribution in [0.3, 0.4) is 0 Å². The summed E-state index contributed by atoms with van der Waals surface area (Å²) >= 11 is 22.9. The van der Waals surface area contributed by atoms with Crippen LogP contribution < -0.4 is 0 Å². The molecule has 0 radical (unpaired) electrons. The molecule has 0 N–H and O–H groups in total. The molecule has 1 aromatic rings. The highest BCUT2D eigenvalue weighted by atomic mass is 79.9. The maximum atomic E-state index is 11.3.